The third-order valence-corrected chi connectivity index (χ3v) is 3.48. The molecule has 94 valence electrons. The second-order valence-electron chi connectivity index (χ2n) is 5.24. The minimum absolute atomic E-state index is 0.513. The molecule has 0 unspecified atom stereocenters. The molecule has 0 radical (unpaired) electrons. The van der Waals surface area contributed by atoms with Crippen LogP contribution in [-0.2, 0) is 11.2 Å². The Hall–Kier alpha value is -0.890. The lowest BCUT2D eigenvalue weighted by Gasteiger charge is -2.15. The van der Waals surface area contributed by atoms with Gasteiger partial charge in [0.25, 0.3) is 0 Å². The van der Waals surface area contributed by atoms with Crippen LogP contribution in [0.25, 0.3) is 0 Å². The fourth-order valence-corrected chi connectivity index (χ4v) is 2.44. The van der Waals surface area contributed by atoms with Crippen molar-refractivity contribution < 1.29 is 4.74 Å². The first-order chi connectivity index (χ1) is 8.22. The number of hydrogen-bond acceptors (Lipinski definition) is 2. The van der Waals surface area contributed by atoms with E-state index in [4.69, 9.17) is 9.72 Å². The van der Waals surface area contributed by atoms with Crippen molar-refractivity contribution in [3.63, 3.8) is 0 Å². The van der Waals surface area contributed by atoms with Crippen LogP contribution in [0.5, 0.6) is 0 Å². The summed E-state index contributed by atoms with van der Waals surface area (Å²) < 4.78 is 5.49. The Morgan fingerprint density at radius 3 is 2.82 bits per heavy atom. The van der Waals surface area contributed by atoms with E-state index < -0.39 is 0 Å². The van der Waals surface area contributed by atoms with E-state index in [-0.39, 0.29) is 0 Å². The van der Waals surface area contributed by atoms with Crippen LogP contribution < -0.4 is 0 Å². The molecule has 1 aliphatic heterocycles. The predicted molar refractivity (Wildman–Crippen MR) is 70.5 cm³/mol. The Balaban J connectivity index is 2.29. The first-order valence-electron chi connectivity index (χ1n) is 6.79. The number of aromatic nitrogens is 1. The van der Waals surface area contributed by atoms with E-state index >= 15 is 0 Å². The van der Waals surface area contributed by atoms with Crippen LogP contribution in [0.3, 0.4) is 0 Å². The van der Waals surface area contributed by atoms with Gasteiger partial charge in [-0.1, -0.05) is 33.3 Å². The zero-order valence-corrected chi connectivity index (χ0v) is 11.2. The van der Waals surface area contributed by atoms with Gasteiger partial charge < -0.3 is 4.74 Å². The summed E-state index contributed by atoms with van der Waals surface area (Å²) in [5.74, 6) is 1.09. The molecular weight excluding hydrogens is 210 g/mol. The van der Waals surface area contributed by atoms with Crippen LogP contribution >= 0.6 is 0 Å². The minimum Gasteiger partial charge on any atom is -0.381 e. The molecule has 1 aromatic rings. The van der Waals surface area contributed by atoms with Gasteiger partial charge in [-0.25, -0.2) is 0 Å². The van der Waals surface area contributed by atoms with Gasteiger partial charge in [0.05, 0.1) is 6.61 Å². The number of ether oxygens (including phenoxy) is 1. The van der Waals surface area contributed by atoms with Crippen molar-refractivity contribution in [2.45, 2.75) is 51.9 Å². The Morgan fingerprint density at radius 1 is 1.41 bits per heavy atom. The quantitative estimate of drug-likeness (QED) is 0.791. The fourth-order valence-electron chi connectivity index (χ4n) is 2.44. The van der Waals surface area contributed by atoms with Crippen LogP contribution in [0.4, 0.5) is 0 Å². The van der Waals surface area contributed by atoms with E-state index in [1.165, 1.54) is 17.0 Å². The molecule has 17 heavy (non-hydrogen) atoms. The van der Waals surface area contributed by atoms with Gasteiger partial charge in [-0.15, -0.1) is 0 Å². The van der Waals surface area contributed by atoms with Gasteiger partial charge in [-0.05, 0) is 30.4 Å². The van der Waals surface area contributed by atoms with E-state index in [1.54, 1.807) is 0 Å². The zero-order chi connectivity index (χ0) is 12.3. The summed E-state index contributed by atoms with van der Waals surface area (Å²) in [6.07, 6.45) is 3.40. The average molecular weight is 233 g/mol. The smallest absolute Gasteiger partial charge is 0.0536 e. The molecule has 2 heteroatoms. The highest BCUT2D eigenvalue weighted by molar-refractivity contribution is 5.28. The molecule has 2 nitrogen and oxygen atoms in total. The summed E-state index contributed by atoms with van der Waals surface area (Å²) in [6, 6.07) is 4.48. The second-order valence-corrected chi connectivity index (χ2v) is 5.24. The number of rotatable bonds is 4. The maximum atomic E-state index is 5.49. The molecule has 0 aliphatic carbocycles. The van der Waals surface area contributed by atoms with Gasteiger partial charge in [0.2, 0.25) is 0 Å². The van der Waals surface area contributed by atoms with Crippen molar-refractivity contribution in [2.75, 3.05) is 13.2 Å². The van der Waals surface area contributed by atoms with Crippen molar-refractivity contribution in [3.8, 4) is 0 Å². The van der Waals surface area contributed by atoms with E-state index in [0.29, 0.717) is 11.8 Å². The summed E-state index contributed by atoms with van der Waals surface area (Å²) >= 11 is 0. The van der Waals surface area contributed by atoms with Crippen LogP contribution in [0.2, 0.25) is 0 Å². The predicted octanol–water partition coefficient (Wildman–Crippen LogP) is 3.66. The SMILES string of the molecule is CCCc1nc(C(C)C)ccc1[C@H]1CCOC1. The van der Waals surface area contributed by atoms with Gasteiger partial charge in [0.15, 0.2) is 0 Å². The number of aryl methyl sites for hydroxylation is 1. The van der Waals surface area contributed by atoms with Crippen molar-refractivity contribution in [1.29, 1.82) is 0 Å². The maximum absolute atomic E-state index is 5.49. The van der Waals surface area contributed by atoms with Crippen LogP contribution in [0.15, 0.2) is 12.1 Å². The van der Waals surface area contributed by atoms with Gasteiger partial charge >= 0.3 is 0 Å². The molecule has 2 rings (SSSR count). The molecule has 1 aliphatic rings. The Morgan fingerprint density at radius 2 is 2.24 bits per heavy atom. The lowest BCUT2D eigenvalue weighted by molar-refractivity contribution is 0.193. The lowest BCUT2D eigenvalue weighted by Crippen LogP contribution is -2.07. The highest BCUT2D eigenvalue weighted by atomic mass is 16.5. The van der Waals surface area contributed by atoms with Gasteiger partial charge in [0.1, 0.15) is 0 Å². The number of pyridine rings is 1. The van der Waals surface area contributed by atoms with Crippen LogP contribution in [0, 0.1) is 0 Å². The molecule has 2 heterocycles. The molecule has 0 spiro atoms. The zero-order valence-electron chi connectivity index (χ0n) is 11.2. The van der Waals surface area contributed by atoms with E-state index in [0.717, 1.165) is 32.5 Å². The van der Waals surface area contributed by atoms with Gasteiger partial charge in [-0.3, -0.25) is 4.98 Å². The van der Waals surface area contributed by atoms with Crippen LogP contribution in [0.1, 0.15) is 62.4 Å². The normalized spacial score (nSPS) is 20.1. The van der Waals surface area contributed by atoms with Crippen LogP contribution in [-0.4, -0.2) is 18.2 Å². The lowest BCUT2D eigenvalue weighted by atomic mass is 9.94. The highest BCUT2D eigenvalue weighted by Crippen LogP contribution is 2.29. The average Bonchev–Trinajstić information content (AvgIpc) is 2.82. The number of hydrogen-bond donors (Lipinski definition) is 0. The highest BCUT2D eigenvalue weighted by Gasteiger charge is 2.21. The summed E-state index contributed by atoms with van der Waals surface area (Å²) in [5, 5.41) is 0. The molecule has 1 fully saturated rings. The Labute approximate surface area is 104 Å². The number of nitrogens with zero attached hydrogens (tertiary/aromatic N) is 1. The second kappa shape index (κ2) is 5.63. The third kappa shape index (κ3) is 2.86. The van der Waals surface area contributed by atoms with E-state index in [2.05, 4.69) is 32.9 Å². The maximum Gasteiger partial charge on any atom is 0.0536 e. The molecular formula is C15H23NO. The summed E-state index contributed by atoms with van der Waals surface area (Å²) in [5.41, 5.74) is 3.94. The summed E-state index contributed by atoms with van der Waals surface area (Å²) in [7, 11) is 0. The summed E-state index contributed by atoms with van der Waals surface area (Å²) in [4.78, 5) is 4.85. The fraction of sp³-hybridized carbons (Fsp3) is 0.667. The molecule has 1 aromatic heterocycles. The summed E-state index contributed by atoms with van der Waals surface area (Å²) in [6.45, 7) is 8.41. The first-order valence-corrected chi connectivity index (χ1v) is 6.79. The standard InChI is InChI=1S/C15H23NO/c1-4-5-15-13(12-8-9-17-10-12)6-7-14(16-15)11(2)3/h6-7,11-12H,4-5,8-10H2,1-3H3/t12-/m0/s1. The molecule has 1 saturated heterocycles. The topological polar surface area (TPSA) is 22.1 Å². The largest absolute Gasteiger partial charge is 0.381 e. The Bertz CT molecular complexity index is 367. The van der Waals surface area contributed by atoms with Crippen molar-refractivity contribution in [3.05, 3.63) is 29.1 Å². The molecule has 0 amide bonds. The van der Waals surface area contributed by atoms with Crippen molar-refractivity contribution >= 4 is 0 Å². The van der Waals surface area contributed by atoms with E-state index in [9.17, 15) is 0 Å². The molecule has 0 bridgehead atoms. The van der Waals surface area contributed by atoms with Crippen molar-refractivity contribution in [2.24, 2.45) is 0 Å². The minimum atomic E-state index is 0.513. The molecule has 1 atom stereocenters. The van der Waals surface area contributed by atoms with Gasteiger partial charge in [0, 0.05) is 23.9 Å². The Kier molecular flexibility index (Phi) is 4.16. The first kappa shape index (κ1) is 12.6. The molecule has 0 saturated carbocycles. The monoisotopic (exact) mass is 233 g/mol. The van der Waals surface area contributed by atoms with Crippen molar-refractivity contribution in [1.82, 2.24) is 4.98 Å². The third-order valence-electron chi connectivity index (χ3n) is 3.48. The van der Waals surface area contributed by atoms with Gasteiger partial charge in [-0.2, -0.15) is 0 Å². The molecule has 0 N–H and O–H groups in total. The van der Waals surface area contributed by atoms with E-state index in [1.807, 2.05) is 0 Å². The molecule has 0 aromatic carbocycles.